The van der Waals surface area contributed by atoms with Crippen molar-refractivity contribution in [2.45, 2.75) is 75.7 Å². The van der Waals surface area contributed by atoms with Crippen LogP contribution in [0.5, 0.6) is 0 Å². The molecule has 0 N–H and O–H groups in total. The van der Waals surface area contributed by atoms with E-state index in [1.807, 2.05) is 0 Å². The third-order valence-electron chi connectivity index (χ3n) is 7.30. The van der Waals surface area contributed by atoms with E-state index in [-0.39, 0.29) is 18.3 Å². The van der Waals surface area contributed by atoms with Crippen LogP contribution in [0.2, 0.25) is 22.2 Å². The predicted molar refractivity (Wildman–Crippen MR) is 115 cm³/mol. The van der Waals surface area contributed by atoms with Gasteiger partial charge in [0.25, 0.3) is 5.91 Å². The Morgan fingerprint density at radius 3 is 2.39 bits per heavy atom. The van der Waals surface area contributed by atoms with Crippen LogP contribution >= 0.6 is 0 Å². The van der Waals surface area contributed by atoms with Crippen molar-refractivity contribution in [1.29, 1.82) is 0 Å². The first-order valence-corrected chi connectivity index (χ1v) is 12.6. The summed E-state index contributed by atoms with van der Waals surface area (Å²) in [6.45, 7) is 14.7. The fourth-order valence-corrected chi connectivity index (χ4v) is 14.4. The van der Waals surface area contributed by atoms with Gasteiger partial charge in [-0.25, -0.2) is 4.39 Å². The minimum absolute atomic E-state index is 0.132. The van der Waals surface area contributed by atoms with Crippen LogP contribution in [-0.2, 0) is 15.1 Å². The van der Waals surface area contributed by atoms with Crippen molar-refractivity contribution in [3.63, 3.8) is 0 Å². The number of benzene rings is 1. The number of terminal acetylenes is 1. The third kappa shape index (κ3) is 2.76. The van der Waals surface area contributed by atoms with Crippen LogP contribution in [-0.4, -0.2) is 27.1 Å². The first-order valence-electron chi connectivity index (χ1n) is 10.3. The van der Waals surface area contributed by atoms with E-state index in [1.54, 1.807) is 11.0 Å². The Bertz CT molecular complexity index is 792. The highest BCUT2D eigenvalue weighted by molar-refractivity contribution is 6.85. The number of ether oxygens (including phenoxy) is 1. The highest BCUT2D eigenvalue weighted by atomic mass is 28.3. The average molecular weight is 402 g/mol. The summed E-state index contributed by atoms with van der Waals surface area (Å²) in [5.74, 6) is 2.08. The molecule has 2 aliphatic heterocycles. The number of hydrogen-bond donors (Lipinski definition) is 0. The Hall–Kier alpha value is -1.64. The van der Waals surface area contributed by atoms with Gasteiger partial charge in [0.2, 0.25) is 0 Å². The largest absolute Gasteiger partial charge is 0.360 e. The summed E-state index contributed by atoms with van der Waals surface area (Å²) in [7, 11) is -1.82. The summed E-state index contributed by atoms with van der Waals surface area (Å²) >= 11 is 0. The maximum Gasteiger partial charge on any atom is 0.264 e. The number of hydrogen-bond acceptors (Lipinski definition) is 2. The van der Waals surface area contributed by atoms with Crippen molar-refractivity contribution in [3.8, 4) is 12.3 Å². The molecule has 1 aromatic rings. The Balaban J connectivity index is 2.09. The zero-order valence-corrected chi connectivity index (χ0v) is 18.9. The van der Waals surface area contributed by atoms with Crippen LogP contribution in [0.3, 0.4) is 0 Å². The monoisotopic (exact) mass is 401 g/mol. The van der Waals surface area contributed by atoms with Crippen molar-refractivity contribution < 1.29 is 13.9 Å². The quantitative estimate of drug-likeness (QED) is 0.484. The van der Waals surface area contributed by atoms with E-state index in [2.05, 4.69) is 47.5 Å². The molecule has 0 unspecified atom stereocenters. The fourth-order valence-electron chi connectivity index (χ4n) is 6.54. The first-order chi connectivity index (χ1) is 13.1. The Labute approximate surface area is 169 Å². The van der Waals surface area contributed by atoms with Gasteiger partial charge in [0, 0.05) is 12.2 Å². The van der Waals surface area contributed by atoms with Gasteiger partial charge in [0.1, 0.15) is 5.82 Å². The molecule has 2 heterocycles. The van der Waals surface area contributed by atoms with Gasteiger partial charge in [-0.15, -0.1) is 6.42 Å². The maximum absolute atomic E-state index is 14.1. The van der Waals surface area contributed by atoms with Crippen molar-refractivity contribution in [2.75, 3.05) is 18.1 Å². The minimum Gasteiger partial charge on any atom is -0.360 e. The molecule has 1 amide bonds. The molecule has 28 heavy (non-hydrogen) atoms. The van der Waals surface area contributed by atoms with Crippen LogP contribution in [0.25, 0.3) is 0 Å². The number of rotatable bonds is 5. The van der Waals surface area contributed by atoms with Gasteiger partial charge in [0.15, 0.2) is 5.60 Å². The number of carbonyl (C=O) groups excluding carboxylic acids is 1. The second kappa shape index (κ2) is 7.31. The Kier molecular flexibility index (Phi) is 5.50. The van der Waals surface area contributed by atoms with Crippen LogP contribution in [0.1, 0.15) is 53.5 Å². The van der Waals surface area contributed by atoms with Crippen molar-refractivity contribution >= 4 is 19.7 Å². The molecule has 1 saturated heterocycles. The molecule has 5 heteroatoms. The normalized spacial score (nSPS) is 24.7. The smallest absolute Gasteiger partial charge is 0.264 e. The lowest BCUT2D eigenvalue weighted by molar-refractivity contribution is -0.137. The molecule has 2 atom stereocenters. The summed E-state index contributed by atoms with van der Waals surface area (Å²) < 4.78 is 20.5. The van der Waals surface area contributed by atoms with Gasteiger partial charge in [-0.1, -0.05) is 64.1 Å². The summed E-state index contributed by atoms with van der Waals surface area (Å²) in [5, 5.41) is 0. The van der Waals surface area contributed by atoms with Gasteiger partial charge in [-0.05, 0) is 30.2 Å². The number of carbonyl (C=O) groups is 1. The highest BCUT2D eigenvalue weighted by Gasteiger charge is 2.61. The molecule has 1 aromatic carbocycles. The van der Waals surface area contributed by atoms with E-state index >= 15 is 0 Å². The molecule has 0 aliphatic carbocycles. The van der Waals surface area contributed by atoms with Gasteiger partial charge < -0.3 is 4.74 Å². The lowest BCUT2D eigenvalue weighted by Gasteiger charge is -2.47. The van der Waals surface area contributed by atoms with E-state index in [0.717, 1.165) is 0 Å². The molecule has 1 fully saturated rings. The van der Waals surface area contributed by atoms with Crippen molar-refractivity contribution in [3.05, 3.63) is 29.6 Å². The van der Waals surface area contributed by atoms with Crippen LogP contribution in [0, 0.1) is 18.2 Å². The molecule has 0 aromatic heterocycles. The topological polar surface area (TPSA) is 29.5 Å². The second-order valence-corrected chi connectivity index (χ2v) is 15.5. The van der Waals surface area contributed by atoms with E-state index in [1.165, 1.54) is 12.1 Å². The van der Waals surface area contributed by atoms with E-state index in [4.69, 9.17) is 11.2 Å². The zero-order chi connectivity index (χ0) is 20.9. The third-order valence-corrected chi connectivity index (χ3v) is 15.1. The molecule has 0 bridgehead atoms. The molecular formula is C23H32FNO2Si. The zero-order valence-electron chi connectivity index (χ0n) is 17.9. The van der Waals surface area contributed by atoms with Gasteiger partial charge in [-0.3, -0.25) is 9.69 Å². The van der Waals surface area contributed by atoms with Gasteiger partial charge >= 0.3 is 0 Å². The van der Waals surface area contributed by atoms with E-state index in [9.17, 15) is 9.18 Å². The van der Waals surface area contributed by atoms with Crippen LogP contribution < -0.4 is 4.90 Å². The van der Waals surface area contributed by atoms with E-state index < -0.39 is 13.7 Å². The van der Waals surface area contributed by atoms with E-state index in [0.29, 0.717) is 46.4 Å². The molecular weight excluding hydrogens is 369 g/mol. The van der Waals surface area contributed by atoms with Crippen molar-refractivity contribution in [2.24, 2.45) is 0 Å². The van der Waals surface area contributed by atoms with Gasteiger partial charge in [0.05, 0.1) is 20.3 Å². The molecule has 1 spiro atoms. The molecule has 0 saturated carbocycles. The van der Waals surface area contributed by atoms with Crippen LogP contribution in [0.15, 0.2) is 18.2 Å². The molecule has 152 valence electrons. The predicted octanol–water partition coefficient (Wildman–Crippen LogP) is 5.47. The van der Waals surface area contributed by atoms with Crippen LogP contribution in [0.4, 0.5) is 10.1 Å². The Morgan fingerprint density at radius 2 is 1.86 bits per heavy atom. The molecule has 3 rings (SSSR count). The SMILES string of the molecule is C#CCN1C(=O)[C@@]2(C[C@H]([Si](C(C)C)(C(C)C)C(C)C)CO2)c2cc(F)ccc21. The summed E-state index contributed by atoms with van der Waals surface area (Å²) in [6.07, 6.45) is 6.14. The molecule has 2 aliphatic rings. The number of nitrogens with zero attached hydrogens (tertiary/aromatic N) is 1. The number of anilines is 1. The Morgan fingerprint density at radius 1 is 1.25 bits per heavy atom. The number of halogens is 1. The lowest BCUT2D eigenvalue weighted by Crippen LogP contribution is -2.49. The number of amides is 1. The second-order valence-electron chi connectivity index (χ2n) is 9.26. The summed E-state index contributed by atoms with van der Waals surface area (Å²) in [5.41, 5.74) is 2.31. The highest BCUT2D eigenvalue weighted by Crippen LogP contribution is 2.59. The molecule has 3 nitrogen and oxygen atoms in total. The summed E-state index contributed by atoms with van der Waals surface area (Å²) in [4.78, 5) is 15.1. The maximum atomic E-state index is 14.1. The summed E-state index contributed by atoms with van der Waals surface area (Å²) in [6, 6.07) is 4.51. The number of fused-ring (bicyclic) bond motifs is 2. The average Bonchev–Trinajstić information content (AvgIpc) is 3.13. The standard InChI is InChI=1S/C23H32FNO2Si/c1-8-11-25-21-10-9-18(24)12-20(21)23(22(25)26)13-19(14-27-23)28(15(2)3,16(4)5)17(6)7/h1,9-10,12,15-17,19H,11,13-14H2,2-7H3/t19-,23+/m0/s1. The fraction of sp³-hybridized carbons (Fsp3) is 0.609. The lowest BCUT2D eigenvalue weighted by atomic mass is 9.92. The minimum atomic E-state index is -1.82. The molecule has 0 radical (unpaired) electrons. The van der Waals surface area contributed by atoms with Gasteiger partial charge in [-0.2, -0.15) is 0 Å². The first kappa shape index (κ1) is 21.1. The van der Waals surface area contributed by atoms with Crippen molar-refractivity contribution in [1.82, 2.24) is 0 Å².